The molecule has 0 radical (unpaired) electrons. The molecule has 142 valence electrons. The maximum atomic E-state index is 12.8. The molecule has 1 aromatic carbocycles. The lowest BCUT2D eigenvalue weighted by atomic mass is 10.1. The van der Waals surface area contributed by atoms with Gasteiger partial charge in [-0.3, -0.25) is 4.72 Å². The highest BCUT2D eigenvalue weighted by molar-refractivity contribution is 7.94. The zero-order valence-electron chi connectivity index (χ0n) is 15.4. The molecule has 2 aromatic heterocycles. The molecule has 0 bridgehead atoms. The molecule has 1 fully saturated rings. The predicted molar refractivity (Wildman–Crippen MR) is 108 cm³/mol. The van der Waals surface area contributed by atoms with Gasteiger partial charge >= 0.3 is 0 Å². The maximum absolute atomic E-state index is 12.8. The Kier molecular flexibility index (Phi) is 4.82. The summed E-state index contributed by atoms with van der Waals surface area (Å²) in [6, 6.07) is 9.03. The van der Waals surface area contributed by atoms with E-state index in [9.17, 15) is 8.42 Å². The number of rotatable bonds is 5. The molecule has 5 nitrogen and oxygen atoms in total. The standard InChI is InChI=1S/C20H22N2O3S2/c1-13-7-8-16(14(2)11-13)22-27(23,24)19-10-9-18(26-19)17-12-21-20(25-17)15-5-3-4-6-15/h7-12,15,22H,3-6H2,1-2H3. The van der Waals surface area contributed by atoms with Crippen LogP contribution in [0, 0.1) is 13.8 Å². The van der Waals surface area contributed by atoms with E-state index in [4.69, 9.17) is 4.42 Å². The molecule has 7 heteroatoms. The van der Waals surface area contributed by atoms with Crippen LogP contribution in [0.15, 0.2) is 45.2 Å². The summed E-state index contributed by atoms with van der Waals surface area (Å²) in [4.78, 5) is 5.18. The Morgan fingerprint density at radius 3 is 2.67 bits per heavy atom. The molecule has 0 saturated heterocycles. The number of sulfonamides is 1. The summed E-state index contributed by atoms with van der Waals surface area (Å²) in [6.07, 6.45) is 6.36. The van der Waals surface area contributed by atoms with Gasteiger partial charge in [0.2, 0.25) is 0 Å². The third-order valence-corrected chi connectivity index (χ3v) is 7.90. The van der Waals surface area contributed by atoms with Crippen molar-refractivity contribution in [3.05, 3.63) is 53.5 Å². The van der Waals surface area contributed by atoms with Gasteiger partial charge in [-0.15, -0.1) is 11.3 Å². The van der Waals surface area contributed by atoms with Crippen LogP contribution in [-0.4, -0.2) is 13.4 Å². The zero-order valence-corrected chi connectivity index (χ0v) is 17.0. The third-order valence-electron chi connectivity index (χ3n) is 4.94. The highest BCUT2D eigenvalue weighted by Gasteiger charge is 2.23. The first-order valence-electron chi connectivity index (χ1n) is 9.08. The lowest BCUT2D eigenvalue weighted by Gasteiger charge is -2.09. The predicted octanol–water partition coefficient (Wildman–Crippen LogP) is 5.48. The first-order chi connectivity index (χ1) is 12.9. The Morgan fingerprint density at radius 1 is 1.15 bits per heavy atom. The second-order valence-electron chi connectivity index (χ2n) is 7.09. The summed E-state index contributed by atoms with van der Waals surface area (Å²) in [5, 5.41) is 0. The van der Waals surface area contributed by atoms with Gasteiger partial charge < -0.3 is 4.42 Å². The van der Waals surface area contributed by atoms with Crippen LogP contribution in [0.5, 0.6) is 0 Å². The number of aromatic nitrogens is 1. The van der Waals surface area contributed by atoms with Crippen molar-refractivity contribution in [1.82, 2.24) is 4.98 Å². The molecule has 1 saturated carbocycles. The van der Waals surface area contributed by atoms with E-state index in [0.29, 0.717) is 17.4 Å². The quantitative estimate of drug-likeness (QED) is 0.613. The number of nitrogens with one attached hydrogen (secondary N) is 1. The zero-order chi connectivity index (χ0) is 19.0. The van der Waals surface area contributed by atoms with Crippen molar-refractivity contribution in [3.8, 4) is 10.6 Å². The average Bonchev–Trinajstić information content (AvgIpc) is 3.37. The van der Waals surface area contributed by atoms with E-state index in [1.165, 1.54) is 24.2 Å². The van der Waals surface area contributed by atoms with Gasteiger partial charge in [0.25, 0.3) is 10.0 Å². The highest BCUT2D eigenvalue weighted by atomic mass is 32.2. The molecule has 0 amide bonds. The molecule has 0 aliphatic heterocycles. The topological polar surface area (TPSA) is 72.2 Å². The first kappa shape index (κ1) is 18.3. The van der Waals surface area contributed by atoms with Crippen LogP contribution in [0.2, 0.25) is 0 Å². The molecule has 1 aliphatic carbocycles. The molecule has 0 spiro atoms. The van der Waals surface area contributed by atoms with Gasteiger partial charge in [0.1, 0.15) is 4.21 Å². The van der Waals surface area contributed by atoms with Crippen molar-refractivity contribution in [2.75, 3.05) is 4.72 Å². The number of hydrogen-bond acceptors (Lipinski definition) is 5. The molecule has 0 atom stereocenters. The van der Waals surface area contributed by atoms with Gasteiger partial charge in [0.05, 0.1) is 16.8 Å². The molecular formula is C20H22N2O3S2. The van der Waals surface area contributed by atoms with Crippen LogP contribution in [0.1, 0.15) is 48.6 Å². The Bertz CT molecular complexity index is 1060. The average molecular weight is 403 g/mol. The number of aryl methyl sites for hydroxylation is 2. The highest BCUT2D eigenvalue weighted by Crippen LogP contribution is 2.37. The van der Waals surface area contributed by atoms with Crippen LogP contribution < -0.4 is 4.72 Å². The van der Waals surface area contributed by atoms with Gasteiger partial charge in [-0.05, 0) is 50.5 Å². The van der Waals surface area contributed by atoms with Crippen LogP contribution in [-0.2, 0) is 10.0 Å². The third kappa shape index (κ3) is 3.80. The van der Waals surface area contributed by atoms with E-state index < -0.39 is 10.0 Å². The molecular weight excluding hydrogens is 380 g/mol. The van der Waals surface area contributed by atoms with Crippen molar-refractivity contribution >= 4 is 27.0 Å². The van der Waals surface area contributed by atoms with Crippen molar-refractivity contribution in [3.63, 3.8) is 0 Å². The second kappa shape index (κ2) is 7.13. The van der Waals surface area contributed by atoms with E-state index in [2.05, 4.69) is 9.71 Å². The SMILES string of the molecule is Cc1ccc(NS(=O)(=O)c2ccc(-c3cnc(C4CCCC4)o3)s2)c(C)c1. The van der Waals surface area contributed by atoms with Crippen LogP contribution in [0.3, 0.4) is 0 Å². The van der Waals surface area contributed by atoms with Crippen LogP contribution in [0.4, 0.5) is 5.69 Å². The maximum Gasteiger partial charge on any atom is 0.271 e. The Labute approximate surface area is 163 Å². The normalized spacial score (nSPS) is 15.3. The van der Waals surface area contributed by atoms with Gasteiger partial charge in [-0.25, -0.2) is 13.4 Å². The van der Waals surface area contributed by atoms with Crippen LogP contribution >= 0.6 is 11.3 Å². The number of oxazole rings is 1. The molecule has 1 N–H and O–H groups in total. The Balaban J connectivity index is 1.56. The fraction of sp³-hybridized carbons (Fsp3) is 0.350. The fourth-order valence-electron chi connectivity index (χ4n) is 3.48. The van der Waals surface area contributed by atoms with Gasteiger partial charge in [-0.2, -0.15) is 0 Å². The fourth-order valence-corrected chi connectivity index (χ4v) is 5.87. The first-order valence-corrected chi connectivity index (χ1v) is 11.4. The summed E-state index contributed by atoms with van der Waals surface area (Å²) in [7, 11) is -3.64. The lowest BCUT2D eigenvalue weighted by molar-refractivity contribution is 0.458. The largest absolute Gasteiger partial charge is 0.440 e. The number of nitrogens with zero attached hydrogens (tertiary/aromatic N) is 1. The smallest absolute Gasteiger partial charge is 0.271 e. The minimum Gasteiger partial charge on any atom is -0.440 e. The molecule has 4 rings (SSSR count). The number of thiophene rings is 1. The van der Waals surface area contributed by atoms with Crippen molar-refractivity contribution in [2.45, 2.75) is 49.7 Å². The summed E-state index contributed by atoms with van der Waals surface area (Å²) in [5.74, 6) is 1.80. The van der Waals surface area contributed by atoms with E-state index in [0.717, 1.165) is 34.7 Å². The van der Waals surface area contributed by atoms with E-state index in [-0.39, 0.29) is 4.21 Å². The number of anilines is 1. The summed E-state index contributed by atoms with van der Waals surface area (Å²) < 4.78 is 34.4. The van der Waals surface area contributed by atoms with Gasteiger partial charge in [0, 0.05) is 5.92 Å². The van der Waals surface area contributed by atoms with Crippen molar-refractivity contribution < 1.29 is 12.8 Å². The molecule has 2 heterocycles. The van der Waals surface area contributed by atoms with Gasteiger partial charge in [-0.1, -0.05) is 30.5 Å². The van der Waals surface area contributed by atoms with Crippen LogP contribution in [0.25, 0.3) is 10.6 Å². The minimum atomic E-state index is -3.64. The number of benzene rings is 1. The van der Waals surface area contributed by atoms with E-state index >= 15 is 0 Å². The molecule has 0 unspecified atom stereocenters. The summed E-state index contributed by atoms with van der Waals surface area (Å²) >= 11 is 1.19. The lowest BCUT2D eigenvalue weighted by Crippen LogP contribution is -2.12. The molecule has 1 aliphatic rings. The Morgan fingerprint density at radius 2 is 1.93 bits per heavy atom. The monoisotopic (exact) mass is 402 g/mol. The minimum absolute atomic E-state index is 0.260. The number of hydrogen-bond donors (Lipinski definition) is 1. The van der Waals surface area contributed by atoms with Gasteiger partial charge in [0.15, 0.2) is 11.7 Å². The summed E-state index contributed by atoms with van der Waals surface area (Å²) in [5.41, 5.74) is 2.59. The van der Waals surface area contributed by atoms with Crippen molar-refractivity contribution in [1.29, 1.82) is 0 Å². The Hall–Kier alpha value is -2.12. The summed E-state index contributed by atoms with van der Waals surface area (Å²) in [6.45, 7) is 3.87. The molecule has 27 heavy (non-hydrogen) atoms. The van der Waals surface area contributed by atoms with Crippen molar-refractivity contribution in [2.24, 2.45) is 0 Å². The van der Waals surface area contributed by atoms with E-state index in [1.54, 1.807) is 24.4 Å². The second-order valence-corrected chi connectivity index (χ2v) is 10.1. The van der Waals surface area contributed by atoms with E-state index in [1.807, 2.05) is 26.0 Å². The molecule has 3 aromatic rings.